The summed E-state index contributed by atoms with van der Waals surface area (Å²) in [6, 6.07) is 11.1. The standard InChI is InChI=1S/C18H15F3N4OS/c19-18(20,21)17(6-7-23-25-17)13-8-14-16(22-9-13)27-15(24-14)11-26-10-12-4-2-1-3-5-12/h1-5,8-9H,6-7,10-11H2. The van der Waals surface area contributed by atoms with E-state index in [1.54, 1.807) is 0 Å². The Labute approximate surface area is 156 Å². The van der Waals surface area contributed by atoms with Crippen LogP contribution in [0.4, 0.5) is 13.2 Å². The number of rotatable bonds is 5. The third-order valence-corrected chi connectivity index (χ3v) is 5.34. The molecule has 140 valence electrons. The van der Waals surface area contributed by atoms with Gasteiger partial charge in [-0.1, -0.05) is 41.7 Å². The first kappa shape index (κ1) is 18.0. The van der Waals surface area contributed by atoms with Crippen molar-refractivity contribution in [3.05, 3.63) is 58.7 Å². The van der Waals surface area contributed by atoms with Crippen molar-refractivity contribution in [2.45, 2.75) is 31.3 Å². The Balaban J connectivity index is 1.54. The molecule has 0 aliphatic carbocycles. The van der Waals surface area contributed by atoms with Crippen LogP contribution in [-0.4, -0.2) is 22.7 Å². The Morgan fingerprint density at radius 1 is 1.15 bits per heavy atom. The summed E-state index contributed by atoms with van der Waals surface area (Å²) in [7, 11) is 0. The number of pyridine rings is 1. The van der Waals surface area contributed by atoms with Gasteiger partial charge in [0.1, 0.15) is 15.4 Å². The van der Waals surface area contributed by atoms with Gasteiger partial charge in [-0.05, 0) is 11.6 Å². The summed E-state index contributed by atoms with van der Waals surface area (Å²) < 4.78 is 46.5. The number of azo groups is 1. The van der Waals surface area contributed by atoms with E-state index in [1.807, 2.05) is 30.3 Å². The van der Waals surface area contributed by atoms with E-state index in [0.717, 1.165) is 5.56 Å². The summed E-state index contributed by atoms with van der Waals surface area (Å²) in [5.74, 6) is 0. The summed E-state index contributed by atoms with van der Waals surface area (Å²) in [4.78, 5) is 9.12. The molecule has 0 N–H and O–H groups in total. The molecule has 3 heterocycles. The van der Waals surface area contributed by atoms with Crippen molar-refractivity contribution >= 4 is 21.7 Å². The fourth-order valence-electron chi connectivity index (χ4n) is 2.98. The highest BCUT2D eigenvalue weighted by Gasteiger charge is 2.58. The van der Waals surface area contributed by atoms with Gasteiger partial charge in [0, 0.05) is 18.2 Å². The van der Waals surface area contributed by atoms with Gasteiger partial charge < -0.3 is 4.74 Å². The third-order valence-electron chi connectivity index (χ3n) is 4.39. The molecule has 0 fully saturated rings. The zero-order chi connectivity index (χ0) is 18.9. The number of hydrogen-bond acceptors (Lipinski definition) is 6. The van der Waals surface area contributed by atoms with E-state index in [1.165, 1.54) is 23.6 Å². The number of nitrogens with zero attached hydrogens (tertiary/aromatic N) is 4. The molecule has 0 spiro atoms. The molecule has 0 saturated carbocycles. The average Bonchev–Trinajstić information content (AvgIpc) is 3.29. The summed E-state index contributed by atoms with van der Waals surface area (Å²) in [6.45, 7) is 0.760. The van der Waals surface area contributed by atoms with Gasteiger partial charge in [-0.15, -0.1) is 0 Å². The van der Waals surface area contributed by atoms with Crippen LogP contribution in [0.2, 0.25) is 0 Å². The molecule has 1 aliphatic heterocycles. The van der Waals surface area contributed by atoms with Crippen LogP contribution in [0.3, 0.4) is 0 Å². The first-order chi connectivity index (χ1) is 13.0. The Morgan fingerprint density at radius 3 is 2.67 bits per heavy atom. The highest BCUT2D eigenvalue weighted by atomic mass is 32.1. The molecule has 2 aromatic heterocycles. The number of benzene rings is 1. The molecule has 27 heavy (non-hydrogen) atoms. The fraction of sp³-hybridized carbons (Fsp3) is 0.333. The molecule has 3 aromatic rings. The Hall–Kier alpha value is -2.39. The minimum Gasteiger partial charge on any atom is -0.370 e. The van der Waals surface area contributed by atoms with Crippen molar-refractivity contribution < 1.29 is 17.9 Å². The molecule has 0 radical (unpaired) electrons. The van der Waals surface area contributed by atoms with Gasteiger partial charge in [-0.25, -0.2) is 9.97 Å². The lowest BCUT2D eigenvalue weighted by Gasteiger charge is -2.27. The van der Waals surface area contributed by atoms with E-state index in [9.17, 15) is 13.2 Å². The molecule has 1 atom stereocenters. The smallest absolute Gasteiger partial charge is 0.370 e. The van der Waals surface area contributed by atoms with E-state index >= 15 is 0 Å². The molecule has 5 nitrogen and oxygen atoms in total. The topological polar surface area (TPSA) is 59.7 Å². The molecule has 1 aliphatic rings. The molecule has 1 unspecified atom stereocenters. The first-order valence-corrected chi connectivity index (χ1v) is 9.13. The van der Waals surface area contributed by atoms with Crippen LogP contribution in [0.1, 0.15) is 22.6 Å². The van der Waals surface area contributed by atoms with Crippen LogP contribution in [0, 0.1) is 0 Å². The number of ether oxygens (including phenoxy) is 1. The van der Waals surface area contributed by atoms with Gasteiger partial charge in [0.2, 0.25) is 5.54 Å². The van der Waals surface area contributed by atoms with Gasteiger partial charge in [-0.3, -0.25) is 0 Å². The minimum atomic E-state index is -4.53. The lowest BCUT2D eigenvalue weighted by atomic mass is 9.88. The number of aromatic nitrogens is 2. The van der Waals surface area contributed by atoms with Gasteiger partial charge in [0.05, 0.1) is 19.8 Å². The highest BCUT2D eigenvalue weighted by Crippen LogP contribution is 2.48. The number of fused-ring (bicyclic) bond motifs is 1. The second kappa shape index (κ2) is 6.97. The fourth-order valence-corrected chi connectivity index (χ4v) is 3.81. The maximum absolute atomic E-state index is 13.6. The number of alkyl halides is 3. The van der Waals surface area contributed by atoms with Crippen LogP contribution < -0.4 is 0 Å². The van der Waals surface area contributed by atoms with E-state index in [4.69, 9.17) is 4.74 Å². The molecule has 0 amide bonds. The van der Waals surface area contributed by atoms with Crippen molar-refractivity contribution in [3.63, 3.8) is 0 Å². The van der Waals surface area contributed by atoms with E-state index in [-0.39, 0.29) is 25.1 Å². The lowest BCUT2D eigenvalue weighted by molar-refractivity contribution is -0.187. The van der Waals surface area contributed by atoms with Crippen molar-refractivity contribution in [1.82, 2.24) is 9.97 Å². The molecule has 9 heteroatoms. The normalized spacial score (nSPS) is 19.8. The zero-order valence-electron chi connectivity index (χ0n) is 14.1. The second-order valence-corrected chi connectivity index (χ2v) is 7.27. The van der Waals surface area contributed by atoms with Crippen LogP contribution in [0.5, 0.6) is 0 Å². The van der Waals surface area contributed by atoms with Crippen molar-refractivity contribution in [2.24, 2.45) is 10.2 Å². The number of thiazole rings is 1. The van der Waals surface area contributed by atoms with Crippen molar-refractivity contribution in [3.8, 4) is 0 Å². The second-order valence-electron chi connectivity index (χ2n) is 6.21. The van der Waals surface area contributed by atoms with Gasteiger partial charge >= 0.3 is 6.18 Å². The first-order valence-electron chi connectivity index (χ1n) is 8.31. The Kier molecular flexibility index (Phi) is 4.65. The Morgan fingerprint density at radius 2 is 1.96 bits per heavy atom. The highest BCUT2D eigenvalue weighted by molar-refractivity contribution is 7.18. The molecule has 4 rings (SSSR count). The summed E-state index contributed by atoms with van der Waals surface area (Å²) >= 11 is 1.31. The number of hydrogen-bond donors (Lipinski definition) is 0. The Bertz CT molecular complexity index is 974. The largest absolute Gasteiger partial charge is 0.419 e. The van der Waals surface area contributed by atoms with E-state index < -0.39 is 11.7 Å². The van der Waals surface area contributed by atoms with E-state index in [2.05, 4.69) is 20.2 Å². The summed E-state index contributed by atoms with van der Waals surface area (Å²) in [5, 5.41) is 7.76. The van der Waals surface area contributed by atoms with Crippen molar-refractivity contribution in [1.29, 1.82) is 0 Å². The predicted octanol–water partition coefficient (Wildman–Crippen LogP) is 5.02. The molecule has 0 saturated heterocycles. The van der Waals surface area contributed by atoms with Crippen molar-refractivity contribution in [2.75, 3.05) is 6.54 Å². The van der Waals surface area contributed by atoms with Gasteiger partial charge in [-0.2, -0.15) is 23.4 Å². The van der Waals surface area contributed by atoms with Crippen LogP contribution in [0.15, 0.2) is 52.8 Å². The quantitative estimate of drug-likeness (QED) is 0.612. The SMILES string of the molecule is FC(F)(F)C1(c2cnc3sc(COCc4ccccc4)nc3c2)CCN=N1. The van der Waals surface area contributed by atoms with Crippen LogP contribution >= 0.6 is 11.3 Å². The molecule has 1 aromatic carbocycles. The van der Waals surface area contributed by atoms with Gasteiger partial charge in [0.25, 0.3) is 0 Å². The zero-order valence-corrected chi connectivity index (χ0v) is 14.9. The molecular formula is C18H15F3N4OS. The monoisotopic (exact) mass is 392 g/mol. The summed E-state index contributed by atoms with van der Waals surface area (Å²) in [6.07, 6.45) is -3.51. The number of halogens is 3. The van der Waals surface area contributed by atoms with Crippen LogP contribution in [0.25, 0.3) is 10.3 Å². The summed E-state index contributed by atoms with van der Waals surface area (Å²) in [5.41, 5.74) is -0.882. The molecule has 0 bridgehead atoms. The maximum atomic E-state index is 13.6. The predicted molar refractivity (Wildman–Crippen MR) is 94.4 cm³/mol. The van der Waals surface area contributed by atoms with Gasteiger partial charge in [0.15, 0.2) is 0 Å². The molecular weight excluding hydrogens is 377 g/mol. The maximum Gasteiger partial charge on any atom is 0.419 e. The lowest BCUT2D eigenvalue weighted by Crippen LogP contribution is -2.39. The average molecular weight is 392 g/mol. The minimum absolute atomic E-state index is 0.0224. The van der Waals surface area contributed by atoms with Crippen LogP contribution in [-0.2, 0) is 23.5 Å². The third kappa shape index (κ3) is 3.44. The van der Waals surface area contributed by atoms with E-state index in [0.29, 0.717) is 22.0 Å².